The Kier molecular flexibility index (Phi) is 5.93. The first-order valence-corrected chi connectivity index (χ1v) is 15.8. The van der Waals surface area contributed by atoms with Crippen LogP contribution in [0.2, 0.25) is 0 Å². The number of para-hydroxylation sites is 1. The zero-order chi connectivity index (χ0) is 31.7. The van der Waals surface area contributed by atoms with Gasteiger partial charge in [0.2, 0.25) is 0 Å². The van der Waals surface area contributed by atoms with Crippen molar-refractivity contribution in [3.63, 3.8) is 0 Å². The van der Waals surface area contributed by atoms with Gasteiger partial charge in [-0.05, 0) is 83.8 Å². The molecule has 0 aliphatic heterocycles. The van der Waals surface area contributed by atoms with Crippen LogP contribution in [0.15, 0.2) is 140 Å². The van der Waals surface area contributed by atoms with Crippen LogP contribution in [0, 0.1) is 6.33 Å². The summed E-state index contributed by atoms with van der Waals surface area (Å²) in [5, 5.41) is 2.34. The normalized spacial score (nSPS) is 12.1. The third-order valence-electron chi connectivity index (χ3n) is 8.91. The average molecular weight is 613 g/mol. The van der Waals surface area contributed by atoms with Crippen molar-refractivity contribution < 1.29 is 9.30 Å². The Morgan fingerprint density at radius 3 is 2.36 bits per heavy atom. The molecule has 7 heteroatoms. The molecule has 0 fully saturated rings. The number of fused-ring (bicyclic) bond motifs is 8. The fourth-order valence-corrected chi connectivity index (χ4v) is 6.60. The van der Waals surface area contributed by atoms with E-state index in [4.69, 9.17) is 9.72 Å². The molecule has 3 aromatic carbocycles. The smallest absolute Gasteiger partial charge is 0.199 e. The molecule has 0 saturated heterocycles. The quantitative estimate of drug-likeness (QED) is 0.147. The van der Waals surface area contributed by atoms with Gasteiger partial charge in [-0.25, -0.2) is 4.98 Å². The van der Waals surface area contributed by atoms with Crippen molar-refractivity contribution in [2.45, 2.75) is 26.2 Å². The third kappa shape index (κ3) is 4.42. The second-order valence-corrected chi connectivity index (χ2v) is 12.9. The van der Waals surface area contributed by atoms with Gasteiger partial charge in [-0.15, -0.1) is 0 Å². The van der Waals surface area contributed by atoms with E-state index in [0.717, 1.165) is 56.4 Å². The van der Waals surface area contributed by atoms with E-state index in [1.54, 1.807) is 0 Å². The minimum absolute atomic E-state index is 0.00592. The van der Waals surface area contributed by atoms with E-state index in [2.05, 4.69) is 148 Å². The number of hydrogen-bond acceptors (Lipinski definition) is 2. The Balaban J connectivity index is 1.18. The van der Waals surface area contributed by atoms with E-state index in [9.17, 15) is 0 Å². The predicted molar refractivity (Wildman–Crippen MR) is 186 cm³/mol. The van der Waals surface area contributed by atoms with Crippen molar-refractivity contribution >= 4 is 38.7 Å². The number of aromatic nitrogens is 6. The Morgan fingerprint density at radius 1 is 0.660 bits per heavy atom. The lowest BCUT2D eigenvalue weighted by molar-refractivity contribution is -0.578. The van der Waals surface area contributed by atoms with Gasteiger partial charge in [0.25, 0.3) is 0 Å². The molecule has 6 aromatic heterocycles. The van der Waals surface area contributed by atoms with Gasteiger partial charge in [-0.1, -0.05) is 57.2 Å². The summed E-state index contributed by atoms with van der Waals surface area (Å²) in [6.07, 6.45) is 11.7. The van der Waals surface area contributed by atoms with Crippen molar-refractivity contribution in [1.82, 2.24) is 22.8 Å². The van der Waals surface area contributed by atoms with Crippen LogP contribution in [0.5, 0.6) is 11.5 Å². The fraction of sp³-hybridized carbons (Fsp3) is 0.100. The van der Waals surface area contributed by atoms with Gasteiger partial charge in [0.05, 0.1) is 17.2 Å². The molecule has 0 atom stereocenters. The van der Waals surface area contributed by atoms with Crippen LogP contribution < -0.4 is 9.30 Å². The highest BCUT2D eigenvalue weighted by atomic mass is 16.5. The first-order chi connectivity index (χ1) is 22.9. The first kappa shape index (κ1) is 27.2. The van der Waals surface area contributed by atoms with Gasteiger partial charge in [0, 0.05) is 41.1 Å². The Morgan fingerprint density at radius 2 is 1.45 bits per heavy atom. The first-order valence-electron chi connectivity index (χ1n) is 15.8. The standard InChI is InChI=1S/C40H32N6O/c1-40(2,3)28-19-20-41-36(24-28)46-34-13-5-4-12-32(34)33-18-17-31(26-35(33)46)47-30-11-6-10-29(25-30)45-27-42-21-7-14-37(42)43-22-8-15-38(43)44-23-9-16-39(44)45/h4-26H,1-3H3. The van der Waals surface area contributed by atoms with Gasteiger partial charge in [-0.3, -0.25) is 17.9 Å². The minimum Gasteiger partial charge on any atom is -0.458 e. The summed E-state index contributed by atoms with van der Waals surface area (Å²) < 4.78 is 17.3. The van der Waals surface area contributed by atoms with E-state index in [-0.39, 0.29) is 5.41 Å². The summed E-state index contributed by atoms with van der Waals surface area (Å²) in [4.78, 5) is 4.83. The molecule has 9 aromatic rings. The highest BCUT2D eigenvalue weighted by Crippen LogP contribution is 2.36. The lowest BCUT2D eigenvalue weighted by Gasteiger charge is -2.20. The predicted octanol–water partition coefficient (Wildman–Crippen LogP) is 8.67. The van der Waals surface area contributed by atoms with Gasteiger partial charge in [0.15, 0.2) is 17.6 Å². The molecule has 0 saturated carbocycles. The molecule has 6 heterocycles. The molecule has 9 rings (SSSR count). The molecule has 228 valence electrons. The van der Waals surface area contributed by atoms with Crippen molar-refractivity contribution in [3.8, 4) is 23.0 Å². The highest BCUT2D eigenvalue weighted by molar-refractivity contribution is 6.09. The number of nitrogens with zero attached hydrogens (tertiary/aromatic N) is 6. The fourth-order valence-electron chi connectivity index (χ4n) is 6.60. The SMILES string of the molecule is CC(C)(C)c1ccnc(-n2c3ccccc3c3ccc(Oc4cccc(-[n+]5[c-]n6cccc6n6cccc6n6cccc65)c4)cc32)c1. The second kappa shape index (κ2) is 10.2. The Labute approximate surface area is 271 Å². The van der Waals surface area contributed by atoms with Crippen molar-refractivity contribution in [1.29, 1.82) is 0 Å². The monoisotopic (exact) mass is 612 g/mol. The molecule has 0 N–H and O–H groups in total. The molecular formula is C40H32N6O. The molecule has 0 bridgehead atoms. The second-order valence-electron chi connectivity index (χ2n) is 12.9. The minimum atomic E-state index is 0.00592. The molecule has 0 spiro atoms. The maximum atomic E-state index is 6.60. The number of benzene rings is 3. The maximum absolute atomic E-state index is 6.60. The number of rotatable bonds is 4. The summed E-state index contributed by atoms with van der Waals surface area (Å²) in [5.74, 6) is 2.38. The molecule has 0 radical (unpaired) electrons. The largest absolute Gasteiger partial charge is 0.458 e. The maximum Gasteiger partial charge on any atom is 0.199 e. The van der Waals surface area contributed by atoms with Crippen LogP contribution in [0.3, 0.4) is 0 Å². The third-order valence-corrected chi connectivity index (χ3v) is 8.91. The zero-order valence-corrected chi connectivity index (χ0v) is 26.4. The topological polar surface area (TPSA) is 44.2 Å². The molecule has 7 nitrogen and oxygen atoms in total. The van der Waals surface area contributed by atoms with E-state index in [0.29, 0.717) is 0 Å². The van der Waals surface area contributed by atoms with Crippen LogP contribution >= 0.6 is 0 Å². The molecule has 0 aliphatic rings. The van der Waals surface area contributed by atoms with E-state index in [1.807, 2.05) is 41.1 Å². The van der Waals surface area contributed by atoms with Crippen LogP contribution in [0.4, 0.5) is 0 Å². The van der Waals surface area contributed by atoms with E-state index < -0.39 is 0 Å². The molecule has 0 amide bonds. The highest BCUT2D eigenvalue weighted by Gasteiger charge is 2.18. The molecule has 0 aliphatic carbocycles. The van der Waals surface area contributed by atoms with Gasteiger partial charge in [0.1, 0.15) is 23.0 Å². The lowest BCUT2D eigenvalue weighted by atomic mass is 9.88. The number of pyridine rings is 1. The van der Waals surface area contributed by atoms with Gasteiger partial charge < -0.3 is 9.14 Å². The van der Waals surface area contributed by atoms with Crippen LogP contribution in [-0.4, -0.2) is 22.8 Å². The van der Waals surface area contributed by atoms with Crippen molar-refractivity contribution in [2.24, 2.45) is 0 Å². The Hall–Kier alpha value is -6.08. The number of hydrogen-bond donors (Lipinski definition) is 0. The summed E-state index contributed by atoms with van der Waals surface area (Å²) in [7, 11) is 0. The van der Waals surface area contributed by atoms with E-state index in [1.165, 1.54) is 10.9 Å². The summed E-state index contributed by atoms with van der Waals surface area (Å²) in [6.45, 7) is 6.69. The van der Waals surface area contributed by atoms with Gasteiger partial charge in [-0.2, -0.15) is 0 Å². The van der Waals surface area contributed by atoms with Crippen molar-refractivity contribution in [3.05, 3.63) is 152 Å². The summed E-state index contributed by atoms with van der Waals surface area (Å²) in [6, 6.07) is 39.7. The zero-order valence-electron chi connectivity index (χ0n) is 26.4. The molecule has 0 unspecified atom stereocenters. The van der Waals surface area contributed by atoms with Crippen molar-refractivity contribution in [2.75, 3.05) is 0 Å². The van der Waals surface area contributed by atoms with Crippen LogP contribution in [-0.2, 0) is 5.41 Å². The summed E-state index contributed by atoms with van der Waals surface area (Å²) >= 11 is 0. The number of ether oxygens (including phenoxy) is 1. The van der Waals surface area contributed by atoms with Crippen LogP contribution in [0.1, 0.15) is 26.3 Å². The van der Waals surface area contributed by atoms with E-state index >= 15 is 0 Å². The average Bonchev–Trinajstić information content (AvgIpc) is 3.88. The summed E-state index contributed by atoms with van der Waals surface area (Å²) in [5.41, 5.74) is 7.36. The lowest BCUT2D eigenvalue weighted by Crippen LogP contribution is -2.33. The molecular weight excluding hydrogens is 580 g/mol. The van der Waals surface area contributed by atoms with Crippen LogP contribution in [0.25, 0.3) is 50.3 Å². The molecule has 47 heavy (non-hydrogen) atoms. The van der Waals surface area contributed by atoms with Gasteiger partial charge >= 0.3 is 0 Å². The Bertz CT molecular complexity index is 2660.